The summed E-state index contributed by atoms with van der Waals surface area (Å²) in [5, 5.41) is 3.90. The molecule has 3 aromatic rings. The van der Waals surface area contributed by atoms with Gasteiger partial charge in [-0.25, -0.2) is 10.2 Å². The number of halogens is 1. The molecular formula is C24H21BrN2O5. The Morgan fingerprint density at radius 1 is 0.875 bits per heavy atom. The highest BCUT2D eigenvalue weighted by Crippen LogP contribution is 2.17. The molecule has 32 heavy (non-hydrogen) atoms. The molecule has 0 unspecified atom stereocenters. The largest absolute Gasteiger partial charge is 0.494 e. The van der Waals surface area contributed by atoms with E-state index in [0.29, 0.717) is 29.4 Å². The van der Waals surface area contributed by atoms with Gasteiger partial charge in [-0.2, -0.15) is 5.10 Å². The zero-order valence-electron chi connectivity index (χ0n) is 17.3. The number of benzene rings is 3. The molecule has 164 valence electrons. The molecule has 0 aliphatic rings. The second-order valence-electron chi connectivity index (χ2n) is 6.45. The van der Waals surface area contributed by atoms with E-state index in [1.807, 2.05) is 19.1 Å². The molecule has 0 atom stereocenters. The molecule has 0 radical (unpaired) electrons. The van der Waals surface area contributed by atoms with Crippen molar-refractivity contribution in [3.8, 4) is 17.2 Å². The molecule has 3 aromatic carbocycles. The molecule has 0 spiro atoms. The normalized spacial score (nSPS) is 10.6. The van der Waals surface area contributed by atoms with Crippen molar-refractivity contribution in [3.63, 3.8) is 0 Å². The Bertz CT molecular complexity index is 1070. The third-order valence-corrected chi connectivity index (χ3v) is 4.61. The molecule has 7 nitrogen and oxygen atoms in total. The quantitative estimate of drug-likeness (QED) is 0.202. The second-order valence-corrected chi connectivity index (χ2v) is 7.37. The van der Waals surface area contributed by atoms with E-state index in [2.05, 4.69) is 26.5 Å². The number of amides is 1. The first kappa shape index (κ1) is 23.0. The fourth-order valence-corrected chi connectivity index (χ4v) is 2.80. The van der Waals surface area contributed by atoms with E-state index in [4.69, 9.17) is 14.2 Å². The molecule has 1 amide bonds. The Morgan fingerprint density at radius 3 is 2.12 bits per heavy atom. The minimum atomic E-state index is -0.465. The van der Waals surface area contributed by atoms with Crippen LogP contribution >= 0.6 is 15.9 Å². The van der Waals surface area contributed by atoms with Crippen LogP contribution in [0.25, 0.3) is 0 Å². The van der Waals surface area contributed by atoms with Crippen molar-refractivity contribution in [2.45, 2.75) is 6.92 Å². The molecule has 3 rings (SSSR count). The number of carbonyl (C=O) groups is 2. The summed E-state index contributed by atoms with van der Waals surface area (Å²) in [6.45, 7) is 2.30. The zero-order valence-corrected chi connectivity index (χ0v) is 18.9. The van der Waals surface area contributed by atoms with Crippen LogP contribution in [0.3, 0.4) is 0 Å². The maximum atomic E-state index is 12.2. The van der Waals surface area contributed by atoms with Gasteiger partial charge in [-0.15, -0.1) is 0 Å². The number of hydrogen-bond donors (Lipinski definition) is 1. The SMILES string of the molecule is CCOc1ccc(C(=O)Oc2ccc(/C=N\NC(=O)COc3ccc(Br)cc3)cc2)cc1. The number of hydrogen-bond acceptors (Lipinski definition) is 6. The van der Waals surface area contributed by atoms with Gasteiger partial charge in [-0.05, 0) is 85.3 Å². The molecule has 0 saturated carbocycles. The van der Waals surface area contributed by atoms with Gasteiger partial charge >= 0.3 is 5.97 Å². The summed E-state index contributed by atoms with van der Waals surface area (Å²) >= 11 is 3.33. The Hall–Kier alpha value is -3.65. The van der Waals surface area contributed by atoms with Crippen LogP contribution in [0.1, 0.15) is 22.8 Å². The van der Waals surface area contributed by atoms with Gasteiger partial charge < -0.3 is 14.2 Å². The predicted octanol–water partition coefficient (Wildman–Crippen LogP) is 4.60. The molecule has 0 bridgehead atoms. The van der Waals surface area contributed by atoms with Crippen molar-refractivity contribution < 1.29 is 23.8 Å². The van der Waals surface area contributed by atoms with Crippen LogP contribution in [0.4, 0.5) is 0 Å². The van der Waals surface area contributed by atoms with Crippen LogP contribution < -0.4 is 19.6 Å². The van der Waals surface area contributed by atoms with Crippen molar-refractivity contribution in [2.24, 2.45) is 5.10 Å². The summed E-state index contributed by atoms with van der Waals surface area (Å²) in [7, 11) is 0. The predicted molar refractivity (Wildman–Crippen MR) is 124 cm³/mol. The van der Waals surface area contributed by atoms with Crippen LogP contribution in [0.2, 0.25) is 0 Å². The first-order valence-electron chi connectivity index (χ1n) is 9.79. The Balaban J connectivity index is 1.45. The van der Waals surface area contributed by atoms with Crippen molar-refractivity contribution in [3.05, 3.63) is 88.4 Å². The van der Waals surface area contributed by atoms with Gasteiger partial charge in [0.25, 0.3) is 5.91 Å². The number of nitrogens with one attached hydrogen (secondary N) is 1. The Morgan fingerprint density at radius 2 is 1.47 bits per heavy atom. The number of esters is 1. The zero-order chi connectivity index (χ0) is 22.8. The minimum absolute atomic E-state index is 0.153. The highest BCUT2D eigenvalue weighted by molar-refractivity contribution is 9.10. The molecule has 0 aliphatic carbocycles. The number of carbonyl (C=O) groups excluding carboxylic acids is 2. The van der Waals surface area contributed by atoms with Gasteiger partial charge in [0.2, 0.25) is 0 Å². The first-order chi connectivity index (χ1) is 15.5. The summed E-state index contributed by atoms with van der Waals surface area (Å²) in [5.74, 6) is 0.827. The van der Waals surface area contributed by atoms with Crippen LogP contribution in [0.5, 0.6) is 17.2 Å². The van der Waals surface area contributed by atoms with Crippen LogP contribution in [-0.2, 0) is 4.79 Å². The molecule has 0 saturated heterocycles. The average Bonchev–Trinajstić information content (AvgIpc) is 2.80. The first-order valence-corrected chi connectivity index (χ1v) is 10.6. The molecule has 8 heteroatoms. The standard InChI is InChI=1S/C24H21BrN2O5/c1-2-30-20-11-5-18(6-12-20)24(29)32-22-9-3-17(4-10-22)15-26-27-23(28)16-31-21-13-7-19(25)8-14-21/h3-15H,2,16H2,1H3,(H,27,28)/b26-15-. The van der Waals surface area contributed by atoms with E-state index in [9.17, 15) is 9.59 Å². The lowest BCUT2D eigenvalue weighted by atomic mass is 10.2. The van der Waals surface area contributed by atoms with Crippen molar-refractivity contribution in [1.29, 1.82) is 0 Å². The summed E-state index contributed by atoms with van der Waals surface area (Å²) in [5.41, 5.74) is 3.54. The highest BCUT2D eigenvalue weighted by atomic mass is 79.9. The third kappa shape index (κ3) is 7.24. The lowest BCUT2D eigenvalue weighted by Crippen LogP contribution is -2.24. The maximum absolute atomic E-state index is 12.2. The van der Waals surface area contributed by atoms with Gasteiger partial charge in [0.15, 0.2) is 6.61 Å². The van der Waals surface area contributed by atoms with E-state index in [-0.39, 0.29) is 12.5 Å². The highest BCUT2D eigenvalue weighted by Gasteiger charge is 2.09. The van der Waals surface area contributed by atoms with Crippen molar-refractivity contribution in [2.75, 3.05) is 13.2 Å². The van der Waals surface area contributed by atoms with Gasteiger partial charge in [-0.1, -0.05) is 15.9 Å². The smallest absolute Gasteiger partial charge is 0.343 e. The number of rotatable bonds is 9. The molecule has 0 aromatic heterocycles. The van der Waals surface area contributed by atoms with E-state index in [1.165, 1.54) is 6.21 Å². The molecule has 1 N–H and O–H groups in total. The van der Waals surface area contributed by atoms with Crippen molar-refractivity contribution >= 4 is 34.0 Å². The van der Waals surface area contributed by atoms with Gasteiger partial charge in [0.1, 0.15) is 17.2 Å². The fraction of sp³-hybridized carbons (Fsp3) is 0.125. The van der Waals surface area contributed by atoms with Crippen LogP contribution in [0.15, 0.2) is 82.4 Å². The maximum Gasteiger partial charge on any atom is 0.343 e. The monoisotopic (exact) mass is 496 g/mol. The number of nitrogens with zero attached hydrogens (tertiary/aromatic N) is 1. The van der Waals surface area contributed by atoms with E-state index >= 15 is 0 Å². The van der Waals surface area contributed by atoms with Crippen molar-refractivity contribution in [1.82, 2.24) is 5.43 Å². The summed E-state index contributed by atoms with van der Waals surface area (Å²) in [4.78, 5) is 24.1. The second kappa shape index (κ2) is 11.7. The van der Waals surface area contributed by atoms with Crippen LogP contribution in [-0.4, -0.2) is 31.3 Å². The lowest BCUT2D eigenvalue weighted by molar-refractivity contribution is -0.123. The molecule has 0 aliphatic heterocycles. The number of ether oxygens (including phenoxy) is 3. The lowest BCUT2D eigenvalue weighted by Gasteiger charge is -2.06. The number of hydrazone groups is 1. The Labute approximate surface area is 194 Å². The summed E-state index contributed by atoms with van der Waals surface area (Å²) < 4.78 is 17.0. The Kier molecular flexibility index (Phi) is 8.39. The average molecular weight is 497 g/mol. The van der Waals surface area contributed by atoms with Gasteiger partial charge in [0.05, 0.1) is 18.4 Å². The molecular weight excluding hydrogens is 476 g/mol. The minimum Gasteiger partial charge on any atom is -0.494 e. The van der Waals surface area contributed by atoms with Gasteiger partial charge in [0, 0.05) is 4.47 Å². The summed E-state index contributed by atoms with van der Waals surface area (Å²) in [6, 6.07) is 20.6. The third-order valence-electron chi connectivity index (χ3n) is 4.08. The van der Waals surface area contributed by atoms with Gasteiger partial charge in [-0.3, -0.25) is 4.79 Å². The van der Waals surface area contributed by atoms with Crippen LogP contribution in [0, 0.1) is 0 Å². The van der Waals surface area contributed by atoms with E-state index in [0.717, 1.165) is 10.0 Å². The van der Waals surface area contributed by atoms with E-state index in [1.54, 1.807) is 60.7 Å². The van der Waals surface area contributed by atoms with E-state index < -0.39 is 5.97 Å². The topological polar surface area (TPSA) is 86.2 Å². The summed E-state index contributed by atoms with van der Waals surface area (Å²) in [6.07, 6.45) is 1.48. The fourth-order valence-electron chi connectivity index (χ4n) is 2.53. The molecule has 0 fully saturated rings. The molecule has 0 heterocycles.